The minimum atomic E-state index is 0.148. The van der Waals surface area contributed by atoms with E-state index in [9.17, 15) is 4.79 Å². The van der Waals surface area contributed by atoms with Crippen LogP contribution >= 0.6 is 0 Å². The summed E-state index contributed by atoms with van der Waals surface area (Å²) in [6.07, 6.45) is 4.70. The molecule has 0 aromatic carbocycles. The van der Waals surface area contributed by atoms with Crippen molar-refractivity contribution in [2.75, 3.05) is 19.6 Å². The summed E-state index contributed by atoms with van der Waals surface area (Å²) in [7, 11) is 0. The Morgan fingerprint density at radius 3 is 2.53 bits per heavy atom. The van der Waals surface area contributed by atoms with E-state index in [-0.39, 0.29) is 11.5 Å². The minimum absolute atomic E-state index is 0.148. The standard InChI is InChI=1S/C12H22N2O/c1-10(2)11(15)14-9-3-4-12(14)5-7-13-8-6-12/h10,13H,3-9H2,1-2H3. The van der Waals surface area contributed by atoms with Gasteiger partial charge in [-0.15, -0.1) is 0 Å². The van der Waals surface area contributed by atoms with Gasteiger partial charge in [0.1, 0.15) is 0 Å². The van der Waals surface area contributed by atoms with Gasteiger partial charge in [-0.2, -0.15) is 0 Å². The first-order valence-electron chi connectivity index (χ1n) is 6.18. The molecule has 86 valence electrons. The Bertz CT molecular complexity index is 244. The summed E-state index contributed by atoms with van der Waals surface area (Å²) in [6, 6.07) is 0. The van der Waals surface area contributed by atoms with Crippen LogP contribution in [0.3, 0.4) is 0 Å². The highest BCUT2D eigenvalue weighted by atomic mass is 16.2. The van der Waals surface area contributed by atoms with Gasteiger partial charge in [-0.1, -0.05) is 13.8 Å². The Kier molecular flexibility index (Phi) is 3.01. The van der Waals surface area contributed by atoms with Crippen molar-refractivity contribution < 1.29 is 4.79 Å². The third-order valence-corrected chi connectivity index (χ3v) is 3.89. The molecule has 0 aliphatic carbocycles. The van der Waals surface area contributed by atoms with Crippen LogP contribution in [0.25, 0.3) is 0 Å². The molecular weight excluding hydrogens is 188 g/mol. The van der Waals surface area contributed by atoms with E-state index in [1.54, 1.807) is 0 Å². The van der Waals surface area contributed by atoms with Crippen LogP contribution in [0.4, 0.5) is 0 Å². The number of piperidine rings is 1. The van der Waals surface area contributed by atoms with Crippen LogP contribution in [0.2, 0.25) is 0 Å². The van der Waals surface area contributed by atoms with E-state index < -0.39 is 0 Å². The molecule has 0 aromatic heterocycles. The molecule has 1 N–H and O–H groups in total. The van der Waals surface area contributed by atoms with Gasteiger partial charge in [-0.25, -0.2) is 0 Å². The lowest BCUT2D eigenvalue weighted by Crippen LogP contribution is -2.54. The Hall–Kier alpha value is -0.570. The molecule has 2 aliphatic heterocycles. The van der Waals surface area contributed by atoms with Crippen LogP contribution in [-0.4, -0.2) is 36.0 Å². The molecule has 2 rings (SSSR count). The van der Waals surface area contributed by atoms with Crippen molar-refractivity contribution in [2.45, 2.75) is 45.1 Å². The second kappa shape index (κ2) is 4.12. The van der Waals surface area contributed by atoms with Crippen LogP contribution in [0, 0.1) is 5.92 Å². The van der Waals surface area contributed by atoms with Crippen LogP contribution in [0.5, 0.6) is 0 Å². The maximum atomic E-state index is 12.1. The Morgan fingerprint density at radius 2 is 1.93 bits per heavy atom. The van der Waals surface area contributed by atoms with Gasteiger partial charge in [0.2, 0.25) is 5.91 Å². The average molecular weight is 210 g/mol. The number of carbonyl (C=O) groups is 1. The molecule has 2 aliphatic rings. The second-order valence-corrected chi connectivity index (χ2v) is 5.22. The molecule has 0 radical (unpaired) electrons. The summed E-state index contributed by atoms with van der Waals surface area (Å²) in [5.41, 5.74) is 0.215. The fraction of sp³-hybridized carbons (Fsp3) is 0.917. The van der Waals surface area contributed by atoms with Crippen molar-refractivity contribution in [1.29, 1.82) is 0 Å². The zero-order chi connectivity index (χ0) is 10.9. The van der Waals surface area contributed by atoms with Gasteiger partial charge in [0, 0.05) is 18.0 Å². The predicted octanol–water partition coefficient (Wildman–Crippen LogP) is 1.39. The molecule has 2 fully saturated rings. The summed E-state index contributed by atoms with van der Waals surface area (Å²) in [5, 5.41) is 3.39. The lowest BCUT2D eigenvalue weighted by Gasteiger charge is -2.42. The van der Waals surface area contributed by atoms with E-state index in [0.717, 1.165) is 32.5 Å². The van der Waals surface area contributed by atoms with Crippen molar-refractivity contribution in [1.82, 2.24) is 10.2 Å². The molecule has 1 spiro atoms. The SMILES string of the molecule is CC(C)C(=O)N1CCCC12CCNCC2. The van der Waals surface area contributed by atoms with Gasteiger partial charge in [-0.05, 0) is 38.8 Å². The highest BCUT2D eigenvalue weighted by Gasteiger charge is 2.44. The Balaban J connectivity index is 2.13. The average Bonchev–Trinajstić information content (AvgIpc) is 2.61. The third kappa shape index (κ3) is 1.89. The van der Waals surface area contributed by atoms with E-state index in [0.29, 0.717) is 5.91 Å². The van der Waals surface area contributed by atoms with Crippen LogP contribution in [-0.2, 0) is 4.79 Å². The normalized spacial score (nSPS) is 25.1. The molecule has 1 amide bonds. The first kappa shape index (κ1) is 10.9. The smallest absolute Gasteiger partial charge is 0.225 e. The number of hydrogen-bond acceptors (Lipinski definition) is 2. The van der Waals surface area contributed by atoms with Crippen LogP contribution < -0.4 is 5.32 Å². The maximum absolute atomic E-state index is 12.1. The fourth-order valence-electron chi connectivity index (χ4n) is 3.01. The van der Waals surface area contributed by atoms with E-state index in [2.05, 4.69) is 10.2 Å². The summed E-state index contributed by atoms with van der Waals surface area (Å²) in [4.78, 5) is 14.3. The highest BCUT2D eigenvalue weighted by Crippen LogP contribution is 2.37. The van der Waals surface area contributed by atoms with Gasteiger partial charge < -0.3 is 10.2 Å². The zero-order valence-electron chi connectivity index (χ0n) is 9.88. The van der Waals surface area contributed by atoms with E-state index >= 15 is 0 Å². The molecule has 0 atom stereocenters. The number of likely N-dealkylation sites (tertiary alicyclic amines) is 1. The van der Waals surface area contributed by atoms with Gasteiger partial charge in [0.05, 0.1) is 0 Å². The Morgan fingerprint density at radius 1 is 1.27 bits per heavy atom. The summed E-state index contributed by atoms with van der Waals surface area (Å²) in [5.74, 6) is 0.504. The molecule has 3 nitrogen and oxygen atoms in total. The monoisotopic (exact) mass is 210 g/mol. The van der Waals surface area contributed by atoms with Gasteiger partial charge in [0.15, 0.2) is 0 Å². The molecule has 2 saturated heterocycles. The molecular formula is C12H22N2O. The first-order valence-corrected chi connectivity index (χ1v) is 6.18. The van der Waals surface area contributed by atoms with Crippen LogP contribution in [0.1, 0.15) is 39.5 Å². The molecule has 0 aromatic rings. The maximum Gasteiger partial charge on any atom is 0.225 e. The zero-order valence-corrected chi connectivity index (χ0v) is 9.88. The van der Waals surface area contributed by atoms with E-state index in [4.69, 9.17) is 0 Å². The largest absolute Gasteiger partial charge is 0.337 e. The lowest BCUT2D eigenvalue weighted by atomic mass is 9.85. The van der Waals surface area contributed by atoms with Gasteiger partial charge in [0.25, 0.3) is 0 Å². The number of nitrogens with one attached hydrogen (secondary N) is 1. The van der Waals surface area contributed by atoms with Crippen molar-refractivity contribution in [2.24, 2.45) is 5.92 Å². The van der Waals surface area contributed by atoms with Crippen LogP contribution in [0.15, 0.2) is 0 Å². The number of amides is 1. The Labute approximate surface area is 92.2 Å². The number of carbonyl (C=O) groups excluding carboxylic acids is 1. The van der Waals surface area contributed by atoms with Crippen molar-refractivity contribution in [3.8, 4) is 0 Å². The van der Waals surface area contributed by atoms with E-state index in [1.807, 2.05) is 13.8 Å². The fourth-order valence-corrected chi connectivity index (χ4v) is 3.01. The predicted molar refractivity (Wildman–Crippen MR) is 60.6 cm³/mol. The van der Waals surface area contributed by atoms with Crippen molar-refractivity contribution in [3.63, 3.8) is 0 Å². The number of nitrogens with zero attached hydrogens (tertiary/aromatic N) is 1. The first-order chi connectivity index (χ1) is 7.16. The summed E-state index contributed by atoms with van der Waals surface area (Å²) >= 11 is 0. The molecule has 0 unspecified atom stereocenters. The number of hydrogen-bond donors (Lipinski definition) is 1. The van der Waals surface area contributed by atoms with E-state index in [1.165, 1.54) is 12.8 Å². The minimum Gasteiger partial charge on any atom is -0.337 e. The second-order valence-electron chi connectivity index (χ2n) is 5.22. The molecule has 2 heterocycles. The molecule has 15 heavy (non-hydrogen) atoms. The lowest BCUT2D eigenvalue weighted by molar-refractivity contribution is -0.139. The van der Waals surface area contributed by atoms with Crippen molar-refractivity contribution >= 4 is 5.91 Å². The van der Waals surface area contributed by atoms with Gasteiger partial charge in [-0.3, -0.25) is 4.79 Å². The highest BCUT2D eigenvalue weighted by molar-refractivity contribution is 5.79. The van der Waals surface area contributed by atoms with Crippen molar-refractivity contribution in [3.05, 3.63) is 0 Å². The van der Waals surface area contributed by atoms with Gasteiger partial charge >= 0.3 is 0 Å². The topological polar surface area (TPSA) is 32.3 Å². The molecule has 3 heteroatoms. The number of rotatable bonds is 1. The summed E-state index contributed by atoms with van der Waals surface area (Å²) < 4.78 is 0. The third-order valence-electron chi connectivity index (χ3n) is 3.89. The molecule has 0 bridgehead atoms. The quantitative estimate of drug-likeness (QED) is 0.709. The summed E-state index contributed by atoms with van der Waals surface area (Å²) in [6.45, 7) is 7.14. The molecule has 0 saturated carbocycles.